The summed E-state index contributed by atoms with van der Waals surface area (Å²) in [5.74, 6) is -0.402. The molecule has 2 N–H and O–H groups in total. The second-order valence-corrected chi connectivity index (χ2v) is 8.00. The second kappa shape index (κ2) is 9.52. The van der Waals surface area contributed by atoms with Crippen molar-refractivity contribution in [2.24, 2.45) is 0 Å². The van der Waals surface area contributed by atoms with E-state index < -0.39 is 0 Å². The van der Waals surface area contributed by atoms with Gasteiger partial charge >= 0.3 is 0 Å². The summed E-state index contributed by atoms with van der Waals surface area (Å²) in [6.45, 7) is 2.00. The number of nitrogens with one attached hydrogen (secondary N) is 2. The van der Waals surface area contributed by atoms with Crippen LogP contribution >= 0.6 is 0 Å². The molecule has 7 heteroatoms. The average Bonchev–Trinajstić information content (AvgIpc) is 3.57. The minimum Gasteiger partial charge on any atom is -0.459 e. The van der Waals surface area contributed by atoms with Gasteiger partial charge in [0, 0.05) is 23.1 Å². The van der Waals surface area contributed by atoms with Gasteiger partial charge in [-0.05, 0) is 61.5 Å². The molecule has 2 heterocycles. The Morgan fingerprint density at radius 1 is 0.800 bits per heavy atom. The number of hydrogen-bond acceptors (Lipinski definition) is 4. The summed E-state index contributed by atoms with van der Waals surface area (Å²) in [7, 11) is 0. The van der Waals surface area contributed by atoms with Gasteiger partial charge in [-0.2, -0.15) is 5.10 Å². The normalized spacial score (nSPS) is 10.7. The molecule has 7 nitrogen and oxygen atoms in total. The van der Waals surface area contributed by atoms with E-state index in [1.165, 1.54) is 6.26 Å². The van der Waals surface area contributed by atoms with E-state index in [0.717, 1.165) is 16.8 Å². The molecule has 5 rings (SSSR count). The third-order valence-corrected chi connectivity index (χ3v) is 5.42. The Morgan fingerprint density at radius 3 is 2.17 bits per heavy atom. The number of para-hydroxylation sites is 1. The minimum absolute atomic E-state index is 0.224. The maximum Gasteiger partial charge on any atom is 0.291 e. The molecule has 0 aliphatic rings. The number of aryl methyl sites for hydroxylation is 1. The highest BCUT2D eigenvalue weighted by atomic mass is 16.3. The standard InChI is InChI=1S/C28H22N4O3/c1-19-7-5-8-20(17-19)26-24(18-32(31-26)23-9-3-2-4-10-23)27(33)29-21-12-14-22(15-13-21)30-28(34)25-11-6-16-35-25/h2-18H,1H3,(H,29,33)(H,30,34). The monoisotopic (exact) mass is 462 g/mol. The zero-order valence-electron chi connectivity index (χ0n) is 18.9. The van der Waals surface area contributed by atoms with Crippen LogP contribution in [0.2, 0.25) is 0 Å². The number of amides is 2. The van der Waals surface area contributed by atoms with E-state index in [9.17, 15) is 9.59 Å². The van der Waals surface area contributed by atoms with Gasteiger partial charge < -0.3 is 15.1 Å². The van der Waals surface area contributed by atoms with E-state index in [2.05, 4.69) is 10.6 Å². The van der Waals surface area contributed by atoms with Crippen molar-refractivity contribution in [3.63, 3.8) is 0 Å². The van der Waals surface area contributed by atoms with Crippen molar-refractivity contribution < 1.29 is 14.0 Å². The van der Waals surface area contributed by atoms with Crippen molar-refractivity contribution in [2.45, 2.75) is 6.92 Å². The molecule has 0 radical (unpaired) electrons. The van der Waals surface area contributed by atoms with Crippen LogP contribution in [0.1, 0.15) is 26.5 Å². The number of carbonyl (C=O) groups excluding carboxylic acids is 2. The maximum absolute atomic E-state index is 13.3. The highest BCUT2D eigenvalue weighted by Crippen LogP contribution is 2.26. The van der Waals surface area contributed by atoms with Gasteiger partial charge in [0.2, 0.25) is 0 Å². The number of furan rings is 1. The zero-order valence-corrected chi connectivity index (χ0v) is 18.9. The summed E-state index contributed by atoms with van der Waals surface area (Å²) in [5.41, 5.74) is 5.02. The van der Waals surface area contributed by atoms with Gasteiger partial charge in [0.1, 0.15) is 5.69 Å². The summed E-state index contributed by atoms with van der Waals surface area (Å²) >= 11 is 0. The number of hydrogen-bond donors (Lipinski definition) is 2. The van der Waals surface area contributed by atoms with Crippen LogP contribution in [0.25, 0.3) is 16.9 Å². The Balaban J connectivity index is 1.39. The van der Waals surface area contributed by atoms with Crippen molar-refractivity contribution in [1.29, 1.82) is 0 Å². The van der Waals surface area contributed by atoms with Crippen LogP contribution in [0.15, 0.2) is 108 Å². The van der Waals surface area contributed by atoms with Crippen molar-refractivity contribution in [3.05, 3.63) is 120 Å². The largest absolute Gasteiger partial charge is 0.459 e. The number of carbonyl (C=O) groups is 2. The van der Waals surface area contributed by atoms with Crippen molar-refractivity contribution in [2.75, 3.05) is 10.6 Å². The summed E-state index contributed by atoms with van der Waals surface area (Å²) in [5, 5.41) is 10.4. The molecule has 0 atom stereocenters. The summed E-state index contributed by atoms with van der Waals surface area (Å²) < 4.78 is 6.81. The van der Waals surface area contributed by atoms with Crippen molar-refractivity contribution in [3.8, 4) is 16.9 Å². The van der Waals surface area contributed by atoms with Gasteiger partial charge in [-0.1, -0.05) is 42.0 Å². The highest BCUT2D eigenvalue weighted by Gasteiger charge is 2.19. The minimum atomic E-state index is -0.345. The second-order valence-electron chi connectivity index (χ2n) is 8.00. The van der Waals surface area contributed by atoms with Crippen LogP contribution in [0.4, 0.5) is 11.4 Å². The van der Waals surface area contributed by atoms with E-state index in [4.69, 9.17) is 9.52 Å². The van der Waals surface area contributed by atoms with Crippen LogP contribution in [-0.4, -0.2) is 21.6 Å². The summed E-state index contributed by atoms with van der Waals surface area (Å²) in [4.78, 5) is 25.5. The third-order valence-electron chi connectivity index (χ3n) is 5.42. The molecular formula is C28H22N4O3. The first-order chi connectivity index (χ1) is 17.1. The van der Waals surface area contributed by atoms with Gasteiger partial charge in [0.05, 0.1) is 17.5 Å². The summed E-state index contributed by atoms with van der Waals surface area (Å²) in [6, 6.07) is 27.7. The average molecular weight is 463 g/mol. The van der Waals surface area contributed by atoms with Crippen molar-refractivity contribution in [1.82, 2.24) is 9.78 Å². The quantitative estimate of drug-likeness (QED) is 0.327. The fraction of sp³-hybridized carbons (Fsp3) is 0.0357. The first kappa shape index (κ1) is 21.9. The van der Waals surface area contributed by atoms with Crippen molar-refractivity contribution >= 4 is 23.2 Å². The lowest BCUT2D eigenvalue weighted by molar-refractivity contribution is 0.0994. The highest BCUT2D eigenvalue weighted by molar-refractivity contribution is 6.08. The van der Waals surface area contributed by atoms with E-state index in [0.29, 0.717) is 22.6 Å². The predicted molar refractivity (Wildman–Crippen MR) is 135 cm³/mol. The lowest BCUT2D eigenvalue weighted by Gasteiger charge is -2.08. The Morgan fingerprint density at radius 2 is 1.51 bits per heavy atom. The molecule has 3 aromatic carbocycles. The molecule has 0 saturated carbocycles. The van der Waals surface area contributed by atoms with E-state index in [1.807, 2.05) is 61.5 Å². The SMILES string of the molecule is Cc1cccc(-c2nn(-c3ccccc3)cc2C(=O)Nc2ccc(NC(=O)c3ccco3)cc2)c1. The Kier molecular flexibility index (Phi) is 5.96. The van der Waals surface area contributed by atoms with Gasteiger partial charge in [-0.25, -0.2) is 4.68 Å². The predicted octanol–water partition coefficient (Wildman–Crippen LogP) is 5.95. The molecule has 0 saturated heterocycles. The number of benzene rings is 3. The molecule has 0 spiro atoms. The van der Waals surface area contributed by atoms with E-state index in [1.54, 1.807) is 47.3 Å². The first-order valence-electron chi connectivity index (χ1n) is 11.1. The molecule has 5 aromatic rings. The van der Waals surface area contributed by atoms with Gasteiger partial charge in [0.25, 0.3) is 11.8 Å². The third kappa shape index (κ3) is 4.89. The molecule has 0 unspecified atom stereocenters. The molecule has 0 fully saturated rings. The Bertz CT molecular complexity index is 1470. The summed E-state index contributed by atoms with van der Waals surface area (Å²) in [6.07, 6.45) is 3.18. The van der Waals surface area contributed by atoms with Crippen LogP contribution in [0, 0.1) is 6.92 Å². The molecule has 35 heavy (non-hydrogen) atoms. The fourth-order valence-corrected chi connectivity index (χ4v) is 3.69. The molecule has 0 aliphatic carbocycles. The molecule has 0 bridgehead atoms. The Labute approximate surface area is 202 Å². The van der Waals surface area contributed by atoms with Crippen LogP contribution in [0.3, 0.4) is 0 Å². The molecular weight excluding hydrogens is 440 g/mol. The number of nitrogens with zero attached hydrogens (tertiary/aromatic N) is 2. The van der Waals surface area contributed by atoms with Gasteiger partial charge in [-0.15, -0.1) is 0 Å². The zero-order chi connectivity index (χ0) is 24.2. The van der Waals surface area contributed by atoms with E-state index >= 15 is 0 Å². The molecule has 2 aromatic heterocycles. The van der Waals surface area contributed by atoms with Crippen LogP contribution in [-0.2, 0) is 0 Å². The number of anilines is 2. The number of rotatable bonds is 6. The maximum atomic E-state index is 13.3. The van der Waals surface area contributed by atoms with Gasteiger partial charge in [-0.3, -0.25) is 9.59 Å². The molecule has 172 valence electrons. The van der Waals surface area contributed by atoms with Gasteiger partial charge in [0.15, 0.2) is 5.76 Å². The fourth-order valence-electron chi connectivity index (χ4n) is 3.69. The van der Waals surface area contributed by atoms with E-state index in [-0.39, 0.29) is 17.6 Å². The topological polar surface area (TPSA) is 89.2 Å². The Hall–Kier alpha value is -4.91. The van der Waals surface area contributed by atoms with Crippen LogP contribution < -0.4 is 10.6 Å². The molecule has 2 amide bonds. The smallest absolute Gasteiger partial charge is 0.291 e. The lowest BCUT2D eigenvalue weighted by Crippen LogP contribution is -2.13. The first-order valence-corrected chi connectivity index (χ1v) is 11.1. The van der Waals surface area contributed by atoms with Crippen LogP contribution in [0.5, 0.6) is 0 Å². The number of aromatic nitrogens is 2. The lowest BCUT2D eigenvalue weighted by atomic mass is 10.1. The molecule has 0 aliphatic heterocycles.